The van der Waals surface area contributed by atoms with Crippen molar-refractivity contribution < 1.29 is 0 Å². The first-order valence-corrected chi connectivity index (χ1v) is 10.8. The highest BCUT2D eigenvalue weighted by Crippen LogP contribution is 2.26. The third-order valence-corrected chi connectivity index (χ3v) is 5.96. The topological polar surface area (TPSA) is 73.2 Å². The predicted molar refractivity (Wildman–Crippen MR) is 132 cm³/mol. The smallest absolute Gasteiger partial charge is 0.0873 e. The van der Waals surface area contributed by atoms with Gasteiger partial charge in [-0.2, -0.15) is 0 Å². The summed E-state index contributed by atoms with van der Waals surface area (Å²) in [4.78, 5) is 14.6. The minimum atomic E-state index is 0.883. The molecule has 0 spiro atoms. The van der Waals surface area contributed by atoms with Crippen molar-refractivity contribution in [1.29, 1.82) is 0 Å². The standard InChI is InChI=1S/C27H18N6/c1-4-16-22-10-12-24(31-22)18-6-2-8-20(29-18)26-14-15-27(33-26)21-9-3-7-19(30-21)25-13-11-23(32-25)17(5-1)28-16/h1-15,28-30H. The van der Waals surface area contributed by atoms with Crippen LogP contribution in [0, 0.1) is 0 Å². The van der Waals surface area contributed by atoms with Gasteiger partial charge in [-0.1, -0.05) is 18.2 Å². The van der Waals surface area contributed by atoms with E-state index in [1.54, 1.807) is 0 Å². The molecule has 0 unspecified atom stereocenters. The molecule has 0 aromatic carbocycles. The molecular weight excluding hydrogens is 408 g/mol. The van der Waals surface area contributed by atoms with Crippen LogP contribution in [0.3, 0.4) is 0 Å². The Hall–Kier alpha value is -4.71. The molecular formula is C27H18N6. The largest absolute Gasteiger partial charge is 0.352 e. The maximum Gasteiger partial charge on any atom is 0.0873 e. The van der Waals surface area contributed by atoms with E-state index < -0.39 is 0 Å². The molecule has 0 aromatic rings. The third-order valence-electron chi connectivity index (χ3n) is 5.96. The van der Waals surface area contributed by atoms with Gasteiger partial charge in [-0.25, -0.2) is 15.0 Å². The molecule has 0 amide bonds. The molecule has 0 aromatic heterocycles. The fourth-order valence-electron chi connectivity index (χ4n) is 4.29. The van der Waals surface area contributed by atoms with E-state index in [0.29, 0.717) is 0 Å². The molecule has 0 atom stereocenters. The summed E-state index contributed by atoms with van der Waals surface area (Å²) < 4.78 is 0. The van der Waals surface area contributed by atoms with Crippen molar-refractivity contribution in [2.75, 3.05) is 0 Å². The van der Waals surface area contributed by atoms with Gasteiger partial charge in [0.2, 0.25) is 0 Å². The zero-order valence-electron chi connectivity index (χ0n) is 17.5. The Morgan fingerprint density at radius 2 is 0.727 bits per heavy atom. The van der Waals surface area contributed by atoms with Crippen molar-refractivity contribution in [1.82, 2.24) is 16.0 Å². The number of dihydropyridines is 3. The molecule has 6 heteroatoms. The molecule has 3 N–H and O–H groups in total. The number of hydrogen-bond donors (Lipinski definition) is 3. The number of aliphatic imine (C=N–C) groups is 3. The third kappa shape index (κ3) is 3.00. The summed E-state index contributed by atoms with van der Waals surface area (Å²) in [5.41, 5.74) is 10.9. The number of nitrogens with zero attached hydrogens (tertiary/aromatic N) is 3. The summed E-state index contributed by atoms with van der Waals surface area (Å²) in [7, 11) is 0. The molecule has 0 fully saturated rings. The fourth-order valence-corrected chi connectivity index (χ4v) is 4.29. The van der Waals surface area contributed by atoms with Gasteiger partial charge in [0.1, 0.15) is 0 Å². The maximum atomic E-state index is 4.87. The second-order valence-electron chi connectivity index (χ2n) is 8.08. The van der Waals surface area contributed by atoms with Gasteiger partial charge >= 0.3 is 0 Å². The van der Waals surface area contributed by atoms with Gasteiger partial charge in [-0.15, -0.1) is 0 Å². The Bertz CT molecular complexity index is 1320. The van der Waals surface area contributed by atoms with E-state index in [1.807, 2.05) is 91.1 Å². The van der Waals surface area contributed by atoms with Crippen LogP contribution in [-0.4, -0.2) is 17.1 Å². The van der Waals surface area contributed by atoms with Crippen LogP contribution in [0.1, 0.15) is 0 Å². The first-order valence-electron chi connectivity index (χ1n) is 10.8. The molecule has 0 saturated carbocycles. The SMILES string of the molecule is C1=CC2=C3C=CC(=N3)C3=CC=CC(=C4C=CC(=N4)C4=CC=CC(=C5C=CC(=N5)C(=C1)N2)N4)N3. The first kappa shape index (κ1) is 17.9. The second-order valence-corrected chi connectivity index (χ2v) is 8.08. The lowest BCUT2D eigenvalue weighted by Crippen LogP contribution is -2.22. The van der Waals surface area contributed by atoms with E-state index in [-0.39, 0.29) is 0 Å². The molecule has 12 bridgehead atoms. The zero-order valence-corrected chi connectivity index (χ0v) is 17.5. The average Bonchev–Trinajstić information content (AvgIpc) is 3.65. The van der Waals surface area contributed by atoms with Gasteiger partial charge in [-0.3, -0.25) is 0 Å². The van der Waals surface area contributed by atoms with E-state index in [0.717, 1.165) is 68.4 Å². The lowest BCUT2D eigenvalue weighted by Gasteiger charge is -2.17. The summed E-state index contributed by atoms with van der Waals surface area (Å²) in [6, 6.07) is 0. The predicted octanol–water partition coefficient (Wildman–Crippen LogP) is 3.80. The summed E-state index contributed by atoms with van der Waals surface area (Å²) in [6.45, 7) is 0. The highest BCUT2D eigenvalue weighted by atomic mass is 15.0. The Morgan fingerprint density at radius 3 is 1.06 bits per heavy atom. The first-order chi connectivity index (χ1) is 16.3. The molecule has 0 saturated heterocycles. The minimum Gasteiger partial charge on any atom is -0.352 e. The van der Waals surface area contributed by atoms with Crippen molar-refractivity contribution in [2.45, 2.75) is 0 Å². The van der Waals surface area contributed by atoms with Gasteiger partial charge < -0.3 is 16.0 Å². The molecule has 6 nitrogen and oxygen atoms in total. The number of fused-ring (bicyclic) bond motifs is 12. The number of allylic oxidation sites excluding steroid dienone is 15. The Kier molecular flexibility index (Phi) is 3.75. The van der Waals surface area contributed by atoms with Gasteiger partial charge in [0.15, 0.2) is 0 Å². The van der Waals surface area contributed by atoms with Crippen molar-refractivity contribution in [3.8, 4) is 0 Å². The van der Waals surface area contributed by atoms with Crippen molar-refractivity contribution >= 4 is 17.1 Å². The number of hydrogen-bond acceptors (Lipinski definition) is 6. The molecule has 7 heterocycles. The fraction of sp³-hybridized carbons (Fsp3) is 0. The monoisotopic (exact) mass is 426 g/mol. The average molecular weight is 426 g/mol. The molecule has 7 aliphatic rings. The van der Waals surface area contributed by atoms with Crippen LogP contribution in [-0.2, 0) is 0 Å². The number of nitrogens with one attached hydrogen (secondary N) is 3. The van der Waals surface area contributed by atoms with Gasteiger partial charge in [0.25, 0.3) is 0 Å². The summed E-state index contributed by atoms with van der Waals surface area (Å²) >= 11 is 0. The van der Waals surface area contributed by atoms with E-state index in [9.17, 15) is 0 Å². The summed E-state index contributed by atoms with van der Waals surface area (Å²) in [6.07, 6.45) is 30.5. The van der Waals surface area contributed by atoms with Gasteiger partial charge in [0.05, 0.1) is 68.4 Å². The van der Waals surface area contributed by atoms with E-state index in [2.05, 4.69) is 16.0 Å². The van der Waals surface area contributed by atoms with E-state index in [4.69, 9.17) is 15.0 Å². The molecule has 0 radical (unpaired) electrons. The second kappa shape index (κ2) is 6.90. The molecule has 0 aliphatic carbocycles. The molecule has 33 heavy (non-hydrogen) atoms. The zero-order chi connectivity index (χ0) is 21.8. The Morgan fingerprint density at radius 1 is 0.394 bits per heavy atom. The Balaban J connectivity index is 1.39. The minimum absolute atomic E-state index is 0.883. The summed E-state index contributed by atoms with van der Waals surface area (Å²) in [5, 5.41) is 10.5. The van der Waals surface area contributed by atoms with Crippen LogP contribution in [0.2, 0.25) is 0 Å². The number of rotatable bonds is 0. The molecule has 7 aliphatic heterocycles. The van der Waals surface area contributed by atoms with Gasteiger partial charge in [0, 0.05) is 0 Å². The van der Waals surface area contributed by atoms with Crippen molar-refractivity contribution in [2.24, 2.45) is 15.0 Å². The quantitative estimate of drug-likeness (QED) is 0.516. The lowest BCUT2D eigenvalue weighted by atomic mass is 10.1. The van der Waals surface area contributed by atoms with Crippen molar-refractivity contribution in [3.05, 3.63) is 142 Å². The maximum absolute atomic E-state index is 4.87. The Labute approximate surface area is 190 Å². The highest BCUT2D eigenvalue weighted by molar-refractivity contribution is 6.13. The van der Waals surface area contributed by atoms with E-state index >= 15 is 0 Å². The van der Waals surface area contributed by atoms with Crippen molar-refractivity contribution in [3.63, 3.8) is 0 Å². The van der Waals surface area contributed by atoms with Gasteiger partial charge in [-0.05, 0) is 72.9 Å². The van der Waals surface area contributed by atoms with Crippen LogP contribution in [0.15, 0.2) is 157 Å². The lowest BCUT2D eigenvalue weighted by molar-refractivity contribution is 1.00. The van der Waals surface area contributed by atoms with E-state index in [1.165, 1.54) is 0 Å². The van der Waals surface area contributed by atoms with Crippen LogP contribution in [0.25, 0.3) is 0 Å². The van der Waals surface area contributed by atoms with Crippen LogP contribution in [0.5, 0.6) is 0 Å². The van der Waals surface area contributed by atoms with Crippen LogP contribution < -0.4 is 16.0 Å². The normalized spacial score (nSPS) is 23.3. The summed E-state index contributed by atoms with van der Waals surface area (Å²) in [5.74, 6) is 0. The molecule has 156 valence electrons. The molecule has 7 rings (SSSR count). The van der Waals surface area contributed by atoms with Crippen LogP contribution in [0.4, 0.5) is 0 Å². The van der Waals surface area contributed by atoms with Crippen LogP contribution >= 0.6 is 0 Å². The highest BCUT2D eigenvalue weighted by Gasteiger charge is 2.22.